The Labute approximate surface area is 75.7 Å². The summed E-state index contributed by atoms with van der Waals surface area (Å²) in [5.74, 6) is 0. The first-order valence-electron chi connectivity index (χ1n) is 3.14. The fraction of sp³-hybridized carbons (Fsp3) is 0.125. The minimum Gasteiger partial charge on any atom is -0.261 e. The molecule has 0 fully saturated rings. The Hall–Kier alpha value is -0.530. The lowest BCUT2D eigenvalue weighted by Crippen LogP contribution is -1.79. The first-order chi connectivity index (χ1) is 5.18. The Morgan fingerprint density at radius 1 is 1.45 bits per heavy atom. The number of hydrogen-bond acceptors (Lipinski definition) is 1. The molecule has 1 nitrogen and oxygen atoms in total. The van der Waals surface area contributed by atoms with Crippen LogP contribution < -0.4 is 0 Å². The highest BCUT2D eigenvalue weighted by Crippen LogP contribution is 2.12. The van der Waals surface area contributed by atoms with Gasteiger partial charge in [0.05, 0.1) is 0 Å². The normalized spacial score (nSPS) is 9.36. The Kier molecular flexibility index (Phi) is 2.92. The van der Waals surface area contributed by atoms with Gasteiger partial charge in [0.1, 0.15) is 4.49 Å². The van der Waals surface area contributed by atoms with Crippen LogP contribution in [0.4, 0.5) is 0 Å². The largest absolute Gasteiger partial charge is 0.261 e. The van der Waals surface area contributed by atoms with Crippen LogP contribution >= 0.6 is 23.2 Å². The third-order valence-electron chi connectivity index (χ3n) is 1.21. The zero-order valence-corrected chi connectivity index (χ0v) is 7.52. The van der Waals surface area contributed by atoms with Gasteiger partial charge in [-0.3, -0.25) is 4.98 Å². The molecule has 0 radical (unpaired) electrons. The van der Waals surface area contributed by atoms with Crippen molar-refractivity contribution in [1.29, 1.82) is 0 Å². The maximum atomic E-state index is 5.45. The second-order valence-corrected chi connectivity index (χ2v) is 3.17. The van der Waals surface area contributed by atoms with Crippen LogP contribution in [0, 0.1) is 6.92 Å². The van der Waals surface area contributed by atoms with Crippen molar-refractivity contribution in [3.63, 3.8) is 0 Å². The van der Waals surface area contributed by atoms with E-state index in [1.165, 1.54) is 0 Å². The standard InChI is InChI=1S/C8H7Cl2N/c1-6-2-3-7(5-11-6)4-8(9)10/h2-5H,1H3. The number of halogens is 2. The van der Waals surface area contributed by atoms with Crippen molar-refractivity contribution in [2.24, 2.45) is 0 Å². The van der Waals surface area contributed by atoms with Gasteiger partial charge >= 0.3 is 0 Å². The predicted molar refractivity (Wildman–Crippen MR) is 48.7 cm³/mol. The highest BCUT2D eigenvalue weighted by molar-refractivity contribution is 6.57. The van der Waals surface area contributed by atoms with Gasteiger partial charge in [-0.2, -0.15) is 0 Å². The van der Waals surface area contributed by atoms with Gasteiger partial charge < -0.3 is 0 Å². The van der Waals surface area contributed by atoms with Crippen molar-refractivity contribution in [2.45, 2.75) is 6.92 Å². The van der Waals surface area contributed by atoms with Crippen LogP contribution in [0.1, 0.15) is 11.3 Å². The van der Waals surface area contributed by atoms with E-state index in [4.69, 9.17) is 23.2 Å². The maximum absolute atomic E-state index is 5.45. The van der Waals surface area contributed by atoms with E-state index in [0.29, 0.717) is 0 Å². The van der Waals surface area contributed by atoms with Crippen LogP contribution in [-0.2, 0) is 0 Å². The molecule has 58 valence electrons. The molecule has 0 spiro atoms. The van der Waals surface area contributed by atoms with E-state index < -0.39 is 0 Å². The molecule has 0 aliphatic carbocycles. The highest BCUT2D eigenvalue weighted by atomic mass is 35.5. The summed E-state index contributed by atoms with van der Waals surface area (Å²) in [7, 11) is 0. The van der Waals surface area contributed by atoms with E-state index >= 15 is 0 Å². The summed E-state index contributed by atoms with van der Waals surface area (Å²) in [6, 6.07) is 3.82. The van der Waals surface area contributed by atoms with Crippen LogP contribution in [0.3, 0.4) is 0 Å². The van der Waals surface area contributed by atoms with Crippen molar-refractivity contribution < 1.29 is 0 Å². The molecule has 0 unspecified atom stereocenters. The Morgan fingerprint density at radius 2 is 2.18 bits per heavy atom. The molecule has 0 atom stereocenters. The zero-order chi connectivity index (χ0) is 8.27. The summed E-state index contributed by atoms with van der Waals surface area (Å²) < 4.78 is 0.246. The first-order valence-corrected chi connectivity index (χ1v) is 3.89. The zero-order valence-electron chi connectivity index (χ0n) is 6.01. The number of nitrogens with zero attached hydrogens (tertiary/aromatic N) is 1. The number of aromatic nitrogens is 1. The number of rotatable bonds is 1. The molecule has 1 rings (SSSR count). The molecular weight excluding hydrogens is 181 g/mol. The van der Waals surface area contributed by atoms with Gasteiger partial charge in [0.2, 0.25) is 0 Å². The summed E-state index contributed by atoms with van der Waals surface area (Å²) in [5, 5.41) is 0. The molecule has 0 saturated carbocycles. The van der Waals surface area contributed by atoms with Gasteiger partial charge in [-0.05, 0) is 24.6 Å². The third-order valence-corrected chi connectivity index (χ3v) is 1.43. The number of aryl methyl sites for hydroxylation is 1. The molecule has 0 aliphatic heterocycles. The van der Waals surface area contributed by atoms with E-state index in [0.717, 1.165) is 11.3 Å². The quantitative estimate of drug-likeness (QED) is 0.659. The Morgan fingerprint density at radius 3 is 2.64 bits per heavy atom. The second-order valence-electron chi connectivity index (χ2n) is 2.17. The fourth-order valence-corrected chi connectivity index (χ4v) is 0.943. The van der Waals surface area contributed by atoms with Crippen molar-refractivity contribution in [1.82, 2.24) is 4.98 Å². The summed E-state index contributed by atoms with van der Waals surface area (Å²) >= 11 is 10.9. The molecule has 0 aliphatic rings. The number of hydrogen-bond donors (Lipinski definition) is 0. The second kappa shape index (κ2) is 3.74. The van der Waals surface area contributed by atoms with Gasteiger partial charge in [-0.1, -0.05) is 29.3 Å². The molecule has 0 amide bonds. The lowest BCUT2D eigenvalue weighted by molar-refractivity contribution is 1.19. The van der Waals surface area contributed by atoms with E-state index in [-0.39, 0.29) is 4.49 Å². The summed E-state index contributed by atoms with van der Waals surface area (Å²) in [6.07, 6.45) is 3.37. The Balaban J connectivity index is 2.91. The maximum Gasteiger partial charge on any atom is 0.107 e. The van der Waals surface area contributed by atoms with Gasteiger partial charge in [-0.15, -0.1) is 0 Å². The molecule has 0 aromatic carbocycles. The smallest absolute Gasteiger partial charge is 0.107 e. The average molecular weight is 188 g/mol. The van der Waals surface area contributed by atoms with Crippen molar-refractivity contribution in [2.75, 3.05) is 0 Å². The van der Waals surface area contributed by atoms with Crippen LogP contribution in [0.15, 0.2) is 22.8 Å². The summed E-state index contributed by atoms with van der Waals surface area (Å²) in [5.41, 5.74) is 1.89. The van der Waals surface area contributed by atoms with E-state index in [2.05, 4.69) is 4.98 Å². The lowest BCUT2D eigenvalue weighted by Gasteiger charge is -1.92. The predicted octanol–water partition coefficient (Wildman–Crippen LogP) is 3.17. The van der Waals surface area contributed by atoms with Crippen molar-refractivity contribution in [3.8, 4) is 0 Å². The molecule has 11 heavy (non-hydrogen) atoms. The highest BCUT2D eigenvalue weighted by Gasteiger charge is 1.89. The molecule has 0 bridgehead atoms. The molecule has 3 heteroatoms. The monoisotopic (exact) mass is 187 g/mol. The van der Waals surface area contributed by atoms with Crippen LogP contribution in [-0.4, -0.2) is 4.98 Å². The molecule has 0 N–H and O–H groups in total. The van der Waals surface area contributed by atoms with E-state index in [9.17, 15) is 0 Å². The minimum absolute atomic E-state index is 0.246. The topological polar surface area (TPSA) is 12.9 Å². The molecule has 1 aromatic heterocycles. The third kappa shape index (κ3) is 2.91. The van der Waals surface area contributed by atoms with Gasteiger partial charge in [0, 0.05) is 11.9 Å². The van der Waals surface area contributed by atoms with Gasteiger partial charge in [0.25, 0.3) is 0 Å². The fourth-order valence-electron chi connectivity index (χ4n) is 0.691. The van der Waals surface area contributed by atoms with Crippen molar-refractivity contribution >= 4 is 29.3 Å². The minimum atomic E-state index is 0.246. The first kappa shape index (κ1) is 8.57. The molecule has 1 aromatic rings. The Bertz CT molecular complexity index is 260. The molecular formula is C8H7Cl2N. The van der Waals surface area contributed by atoms with Crippen LogP contribution in [0.25, 0.3) is 6.08 Å². The van der Waals surface area contributed by atoms with Crippen LogP contribution in [0.5, 0.6) is 0 Å². The SMILES string of the molecule is Cc1ccc(C=C(Cl)Cl)cn1. The average Bonchev–Trinajstić information content (AvgIpc) is 1.93. The van der Waals surface area contributed by atoms with Gasteiger partial charge in [-0.25, -0.2) is 0 Å². The van der Waals surface area contributed by atoms with Gasteiger partial charge in [0.15, 0.2) is 0 Å². The molecule has 0 saturated heterocycles. The molecule has 1 heterocycles. The summed E-state index contributed by atoms with van der Waals surface area (Å²) in [6.45, 7) is 1.93. The van der Waals surface area contributed by atoms with Crippen molar-refractivity contribution in [3.05, 3.63) is 34.1 Å². The van der Waals surface area contributed by atoms with Crippen LogP contribution in [0.2, 0.25) is 0 Å². The summed E-state index contributed by atoms with van der Waals surface area (Å²) in [4.78, 5) is 4.07. The number of pyridine rings is 1. The lowest BCUT2D eigenvalue weighted by atomic mass is 10.2. The van der Waals surface area contributed by atoms with E-state index in [1.54, 1.807) is 12.3 Å². The van der Waals surface area contributed by atoms with E-state index in [1.807, 2.05) is 19.1 Å².